The van der Waals surface area contributed by atoms with Gasteiger partial charge in [0.2, 0.25) is 11.8 Å². The maximum atomic E-state index is 12.6. The van der Waals surface area contributed by atoms with Crippen LogP contribution in [0, 0.1) is 13.8 Å². The molecule has 2 atom stereocenters. The van der Waals surface area contributed by atoms with Gasteiger partial charge in [0.05, 0.1) is 7.11 Å². The first kappa shape index (κ1) is 28.8. The number of hydrogen-bond acceptors (Lipinski definition) is 7. The van der Waals surface area contributed by atoms with Crippen molar-refractivity contribution in [2.24, 2.45) is 0 Å². The highest BCUT2D eigenvalue weighted by Gasteiger charge is 2.24. The van der Waals surface area contributed by atoms with Gasteiger partial charge in [-0.3, -0.25) is 9.59 Å². The molecule has 0 unspecified atom stereocenters. The monoisotopic (exact) mass is 540 g/mol. The van der Waals surface area contributed by atoms with Gasteiger partial charge in [0, 0.05) is 34.4 Å². The summed E-state index contributed by atoms with van der Waals surface area (Å²) in [5.41, 5.74) is 2.79. The summed E-state index contributed by atoms with van der Waals surface area (Å²) in [5, 5.41) is 15.3. The molecule has 1 aromatic heterocycles. The summed E-state index contributed by atoms with van der Waals surface area (Å²) in [6.45, 7) is 5.09. The largest absolute Gasteiger partial charge is 0.496 e. The van der Waals surface area contributed by atoms with Crippen LogP contribution in [0.2, 0.25) is 0 Å². The van der Waals surface area contributed by atoms with Crippen LogP contribution in [0.1, 0.15) is 35.6 Å². The van der Waals surface area contributed by atoms with E-state index in [9.17, 15) is 24.3 Å². The molecule has 2 aromatic carbocycles. The third kappa shape index (κ3) is 7.16. The molecule has 1 heterocycles. The first-order valence-corrected chi connectivity index (χ1v) is 13.3. The van der Waals surface area contributed by atoms with Gasteiger partial charge >= 0.3 is 11.6 Å². The van der Waals surface area contributed by atoms with Crippen molar-refractivity contribution in [3.8, 4) is 5.75 Å². The normalized spacial score (nSPS) is 12.5. The van der Waals surface area contributed by atoms with Crippen LogP contribution in [0.3, 0.4) is 0 Å². The maximum absolute atomic E-state index is 12.6. The van der Waals surface area contributed by atoms with Gasteiger partial charge in [-0.25, -0.2) is 9.59 Å². The highest BCUT2D eigenvalue weighted by molar-refractivity contribution is 7.98. The molecule has 3 N–H and O–H groups in total. The van der Waals surface area contributed by atoms with Crippen LogP contribution in [-0.4, -0.2) is 47.8 Å². The van der Waals surface area contributed by atoms with E-state index in [4.69, 9.17) is 9.15 Å². The predicted octanol–water partition coefficient (Wildman–Crippen LogP) is 3.36. The van der Waals surface area contributed by atoms with E-state index in [0.717, 1.165) is 16.5 Å². The topological polar surface area (TPSA) is 135 Å². The summed E-state index contributed by atoms with van der Waals surface area (Å²) >= 11 is 1.39. The second-order valence-corrected chi connectivity index (χ2v) is 9.98. The number of methoxy groups -OCH3 is 1. The molecule has 0 radical (unpaired) electrons. The zero-order chi connectivity index (χ0) is 27.8. The lowest BCUT2D eigenvalue weighted by Gasteiger charge is -2.19. The molecule has 3 aromatic rings. The third-order valence-corrected chi connectivity index (χ3v) is 7.36. The van der Waals surface area contributed by atoms with E-state index in [2.05, 4.69) is 10.6 Å². The van der Waals surface area contributed by atoms with Crippen molar-refractivity contribution in [2.75, 3.05) is 12.9 Å². The number of carboxylic acids is 1. The first-order valence-electron chi connectivity index (χ1n) is 12.2. The predicted molar refractivity (Wildman–Crippen MR) is 147 cm³/mol. The minimum Gasteiger partial charge on any atom is -0.496 e. The van der Waals surface area contributed by atoms with Gasteiger partial charge in [-0.05, 0) is 50.5 Å². The van der Waals surface area contributed by atoms with Crippen LogP contribution in [0.5, 0.6) is 5.75 Å². The Balaban J connectivity index is 1.55. The van der Waals surface area contributed by atoms with Crippen molar-refractivity contribution in [1.82, 2.24) is 10.6 Å². The number of benzene rings is 2. The molecule has 38 heavy (non-hydrogen) atoms. The summed E-state index contributed by atoms with van der Waals surface area (Å²) < 4.78 is 10.8. The Hall–Kier alpha value is -3.79. The van der Waals surface area contributed by atoms with Crippen LogP contribution in [0.25, 0.3) is 11.0 Å². The fourth-order valence-corrected chi connectivity index (χ4v) is 5.05. The fourth-order valence-electron chi connectivity index (χ4n) is 4.04. The van der Waals surface area contributed by atoms with Crippen LogP contribution in [0.4, 0.5) is 0 Å². The molecule has 202 valence electrons. The highest BCUT2D eigenvalue weighted by atomic mass is 32.2. The van der Waals surface area contributed by atoms with Gasteiger partial charge in [-0.15, -0.1) is 0 Å². The zero-order valence-corrected chi connectivity index (χ0v) is 22.6. The lowest BCUT2D eigenvalue weighted by molar-refractivity contribution is -0.141. The average molecular weight is 541 g/mol. The smallest absolute Gasteiger partial charge is 0.339 e. The summed E-state index contributed by atoms with van der Waals surface area (Å²) in [4.78, 5) is 49.4. The van der Waals surface area contributed by atoms with Crippen LogP contribution >= 0.6 is 11.8 Å². The van der Waals surface area contributed by atoms with E-state index in [1.807, 2.05) is 36.4 Å². The number of hydrogen-bond donors (Lipinski definition) is 3. The summed E-state index contributed by atoms with van der Waals surface area (Å²) in [7, 11) is 1.54. The number of carbonyl (C=O) groups is 3. The number of thioether (sulfide) groups is 1. The lowest BCUT2D eigenvalue weighted by Crippen LogP contribution is -2.51. The summed E-state index contributed by atoms with van der Waals surface area (Å²) in [6, 6.07) is 11.2. The molecular formula is C28H32N2O7S. The number of amides is 2. The Bertz CT molecular complexity index is 1370. The SMILES string of the molecule is COc1ccc2c(C)c(CCC(=O)N[C@@H](C)C(=O)N[C@@H](CSCc3ccccc3)C(=O)O)c(=O)oc2c1C. The lowest BCUT2D eigenvalue weighted by atomic mass is 10.00. The molecular weight excluding hydrogens is 508 g/mol. The number of aliphatic carboxylic acids is 1. The van der Waals surface area contributed by atoms with E-state index in [0.29, 0.717) is 28.2 Å². The van der Waals surface area contributed by atoms with Crippen LogP contribution < -0.4 is 21.0 Å². The molecule has 2 amide bonds. The molecule has 0 saturated carbocycles. The minimum absolute atomic E-state index is 0.0425. The van der Waals surface area contributed by atoms with Gasteiger partial charge in [0.1, 0.15) is 23.4 Å². The minimum atomic E-state index is -1.15. The number of fused-ring (bicyclic) bond motifs is 1. The quantitative estimate of drug-likeness (QED) is 0.298. The van der Waals surface area contributed by atoms with Gasteiger partial charge in [-0.1, -0.05) is 30.3 Å². The molecule has 0 aliphatic rings. The van der Waals surface area contributed by atoms with E-state index < -0.39 is 35.5 Å². The third-order valence-electron chi connectivity index (χ3n) is 6.26. The molecule has 3 rings (SSSR count). The number of nitrogens with one attached hydrogen (secondary N) is 2. The Labute approximate surface area is 224 Å². The summed E-state index contributed by atoms with van der Waals surface area (Å²) in [5.74, 6) is -0.788. The van der Waals surface area contributed by atoms with Crippen molar-refractivity contribution in [2.45, 2.75) is 51.4 Å². The molecule has 0 saturated heterocycles. The van der Waals surface area contributed by atoms with E-state index in [1.54, 1.807) is 27.0 Å². The molecule has 0 aliphatic carbocycles. The van der Waals surface area contributed by atoms with Crippen molar-refractivity contribution in [1.29, 1.82) is 0 Å². The summed E-state index contributed by atoms with van der Waals surface area (Å²) in [6.07, 6.45) is 0.0857. The van der Waals surface area contributed by atoms with E-state index in [1.165, 1.54) is 18.7 Å². The highest BCUT2D eigenvalue weighted by Crippen LogP contribution is 2.29. The maximum Gasteiger partial charge on any atom is 0.339 e. The molecule has 0 aliphatic heterocycles. The van der Waals surface area contributed by atoms with Gasteiger partial charge in [0.25, 0.3) is 0 Å². The molecule has 9 nitrogen and oxygen atoms in total. The number of carboxylic acid groups (broad SMARTS) is 1. The molecule has 0 spiro atoms. The Morgan fingerprint density at radius 3 is 2.42 bits per heavy atom. The second-order valence-electron chi connectivity index (χ2n) is 8.95. The van der Waals surface area contributed by atoms with Crippen LogP contribution in [0.15, 0.2) is 51.7 Å². The Morgan fingerprint density at radius 2 is 1.76 bits per heavy atom. The van der Waals surface area contributed by atoms with E-state index in [-0.39, 0.29) is 18.6 Å². The van der Waals surface area contributed by atoms with Crippen molar-refractivity contribution >= 4 is 40.5 Å². The van der Waals surface area contributed by atoms with Crippen molar-refractivity contribution in [3.05, 3.63) is 75.1 Å². The van der Waals surface area contributed by atoms with Crippen molar-refractivity contribution < 1.29 is 28.6 Å². The zero-order valence-electron chi connectivity index (χ0n) is 21.8. The number of rotatable bonds is 12. The van der Waals surface area contributed by atoms with Gasteiger partial charge in [-0.2, -0.15) is 11.8 Å². The standard InChI is InChI=1S/C28H32N2O7S/c1-16-20-10-12-23(36-4)17(2)25(20)37-28(35)21(16)11-13-24(31)29-18(3)26(32)30-22(27(33)34)15-38-14-19-8-6-5-7-9-19/h5-10,12,18,22H,11,13-15H2,1-4H3,(H,29,31)(H,30,32)(H,33,34)/t18-,22-/m0/s1. The molecule has 10 heteroatoms. The Morgan fingerprint density at radius 1 is 1.05 bits per heavy atom. The number of ether oxygens (including phenoxy) is 1. The van der Waals surface area contributed by atoms with E-state index >= 15 is 0 Å². The Kier molecular flexibility index (Phi) is 9.95. The van der Waals surface area contributed by atoms with Gasteiger partial charge < -0.3 is 24.9 Å². The molecule has 0 bridgehead atoms. The second kappa shape index (κ2) is 13.1. The van der Waals surface area contributed by atoms with Crippen molar-refractivity contribution in [3.63, 3.8) is 0 Å². The number of carbonyl (C=O) groups excluding carboxylic acids is 2. The molecule has 0 fully saturated rings. The fraction of sp³-hybridized carbons (Fsp3) is 0.357. The first-order chi connectivity index (χ1) is 18.1. The average Bonchev–Trinajstić information content (AvgIpc) is 2.89. The number of aryl methyl sites for hydroxylation is 2. The van der Waals surface area contributed by atoms with Crippen LogP contribution in [-0.2, 0) is 26.6 Å². The van der Waals surface area contributed by atoms with Gasteiger partial charge in [0.15, 0.2) is 0 Å².